The zero-order chi connectivity index (χ0) is 21.7. The second-order valence-electron chi connectivity index (χ2n) is 9.46. The number of hydrogen-bond acceptors (Lipinski definition) is 3. The van der Waals surface area contributed by atoms with Crippen molar-refractivity contribution in [2.24, 2.45) is 17.8 Å². The third-order valence-corrected chi connectivity index (χ3v) is 8.56. The van der Waals surface area contributed by atoms with Crippen LogP contribution in [0.4, 0.5) is 11.4 Å². The summed E-state index contributed by atoms with van der Waals surface area (Å²) in [6.07, 6.45) is 6.05. The maximum Gasteiger partial charge on any atom is 0.255 e. The van der Waals surface area contributed by atoms with Gasteiger partial charge in [0, 0.05) is 21.8 Å². The monoisotopic (exact) mass is 440 g/mol. The Morgan fingerprint density at radius 1 is 0.969 bits per heavy atom. The molecule has 0 saturated heterocycles. The van der Waals surface area contributed by atoms with Gasteiger partial charge in [-0.15, -0.1) is 11.8 Å². The molecule has 2 fully saturated rings. The lowest BCUT2D eigenvalue weighted by Crippen LogP contribution is -2.35. The van der Waals surface area contributed by atoms with Gasteiger partial charge in [-0.1, -0.05) is 36.4 Å². The standard InChI is InChI=1S/C28H28N2OS/c1-32-22-9-5-8-21(16-22)29-28(31)20-12-13-24-23(15-20)25-18-10-11-19(14-18)26(25)27(30-24)17-6-3-2-4-7-17/h2-9,12-13,15-16,18-19,25-27,30H,10-11,14H2,1H3,(H,29,31)/t18-,19-,25-,26+,27+/m0/s1. The van der Waals surface area contributed by atoms with E-state index in [1.54, 1.807) is 11.8 Å². The topological polar surface area (TPSA) is 41.1 Å². The molecule has 3 nitrogen and oxygen atoms in total. The fourth-order valence-electron chi connectivity index (χ4n) is 6.52. The molecule has 1 heterocycles. The smallest absolute Gasteiger partial charge is 0.255 e. The molecule has 1 aliphatic heterocycles. The predicted octanol–water partition coefficient (Wildman–Crippen LogP) is 6.96. The van der Waals surface area contributed by atoms with Gasteiger partial charge < -0.3 is 10.6 Å². The fraction of sp³-hybridized carbons (Fsp3) is 0.321. The molecule has 162 valence electrons. The lowest BCUT2D eigenvalue weighted by Gasteiger charge is -2.43. The highest BCUT2D eigenvalue weighted by Crippen LogP contribution is 2.63. The van der Waals surface area contributed by atoms with Crippen molar-refractivity contribution in [3.05, 3.63) is 89.5 Å². The van der Waals surface area contributed by atoms with Crippen molar-refractivity contribution in [3.8, 4) is 0 Å². The molecule has 32 heavy (non-hydrogen) atoms. The Bertz CT molecular complexity index is 1160. The first-order valence-corrected chi connectivity index (χ1v) is 12.8. The first-order valence-electron chi connectivity index (χ1n) is 11.6. The number of rotatable bonds is 4. The molecule has 0 aromatic heterocycles. The second kappa shape index (κ2) is 8.00. The van der Waals surface area contributed by atoms with Crippen molar-refractivity contribution < 1.29 is 4.79 Å². The van der Waals surface area contributed by atoms with Crippen molar-refractivity contribution in [2.45, 2.75) is 36.1 Å². The molecular weight excluding hydrogens is 412 g/mol. The van der Waals surface area contributed by atoms with Crippen molar-refractivity contribution in [1.82, 2.24) is 0 Å². The Kier molecular flexibility index (Phi) is 4.98. The zero-order valence-corrected chi connectivity index (χ0v) is 19.1. The number of anilines is 2. The summed E-state index contributed by atoms with van der Waals surface area (Å²) in [5.41, 5.74) is 5.53. The molecule has 3 aromatic carbocycles. The highest BCUT2D eigenvalue weighted by atomic mass is 32.2. The summed E-state index contributed by atoms with van der Waals surface area (Å²) in [5.74, 6) is 2.65. The highest BCUT2D eigenvalue weighted by molar-refractivity contribution is 7.98. The molecule has 3 aromatic rings. The van der Waals surface area contributed by atoms with Gasteiger partial charge in [0.2, 0.25) is 0 Å². The van der Waals surface area contributed by atoms with E-state index >= 15 is 0 Å². The number of carbonyl (C=O) groups excluding carboxylic acids is 1. The van der Waals surface area contributed by atoms with Crippen molar-refractivity contribution in [2.75, 3.05) is 16.9 Å². The van der Waals surface area contributed by atoms with E-state index in [-0.39, 0.29) is 5.91 Å². The molecule has 6 rings (SSSR count). The molecule has 5 atom stereocenters. The van der Waals surface area contributed by atoms with E-state index in [0.717, 1.165) is 28.0 Å². The number of benzene rings is 3. The van der Waals surface area contributed by atoms with Crippen LogP contribution in [0.1, 0.15) is 52.7 Å². The van der Waals surface area contributed by atoms with Gasteiger partial charge in [0.1, 0.15) is 0 Å². The number of hydrogen-bond donors (Lipinski definition) is 2. The molecule has 2 aliphatic carbocycles. The maximum atomic E-state index is 13.1. The molecule has 2 saturated carbocycles. The molecular formula is C28H28N2OS. The van der Waals surface area contributed by atoms with E-state index in [1.807, 2.05) is 30.5 Å². The number of fused-ring (bicyclic) bond motifs is 7. The van der Waals surface area contributed by atoms with Gasteiger partial charge in [-0.05, 0) is 96.7 Å². The zero-order valence-electron chi connectivity index (χ0n) is 18.3. The summed E-state index contributed by atoms with van der Waals surface area (Å²) in [5, 5.41) is 6.96. The van der Waals surface area contributed by atoms with Gasteiger partial charge in [-0.3, -0.25) is 4.79 Å². The molecule has 0 radical (unpaired) electrons. The van der Waals surface area contributed by atoms with E-state index in [1.165, 1.54) is 36.1 Å². The minimum atomic E-state index is -0.0315. The van der Waals surface area contributed by atoms with Crippen LogP contribution in [0.3, 0.4) is 0 Å². The van der Waals surface area contributed by atoms with Gasteiger partial charge in [-0.25, -0.2) is 0 Å². The molecule has 2 bridgehead atoms. The number of thioether (sulfide) groups is 1. The minimum absolute atomic E-state index is 0.0315. The van der Waals surface area contributed by atoms with Crippen LogP contribution in [0, 0.1) is 17.8 Å². The van der Waals surface area contributed by atoms with Crippen molar-refractivity contribution in [3.63, 3.8) is 0 Å². The summed E-state index contributed by atoms with van der Waals surface area (Å²) >= 11 is 1.68. The molecule has 1 amide bonds. The maximum absolute atomic E-state index is 13.1. The average molecular weight is 441 g/mol. The lowest BCUT2D eigenvalue weighted by atomic mass is 9.68. The average Bonchev–Trinajstić information content (AvgIpc) is 3.47. The van der Waals surface area contributed by atoms with Crippen molar-refractivity contribution in [1.29, 1.82) is 0 Å². The van der Waals surface area contributed by atoms with Gasteiger partial charge in [0.25, 0.3) is 5.91 Å². The van der Waals surface area contributed by atoms with Crippen LogP contribution >= 0.6 is 11.8 Å². The van der Waals surface area contributed by atoms with E-state index in [0.29, 0.717) is 17.9 Å². The SMILES string of the molecule is CSc1cccc(NC(=O)c2ccc3c(c2)[C@@H]2[C@H]4CC[C@@H](C4)[C@H]2[C@@H](c2ccccc2)N3)c1. The van der Waals surface area contributed by atoms with Crippen LogP contribution in [-0.4, -0.2) is 12.2 Å². The minimum Gasteiger partial charge on any atom is -0.378 e. The summed E-state index contributed by atoms with van der Waals surface area (Å²) in [6, 6.07) is 25.6. The van der Waals surface area contributed by atoms with Crippen LogP contribution in [0.5, 0.6) is 0 Å². The lowest BCUT2D eigenvalue weighted by molar-refractivity contribution is 0.102. The Morgan fingerprint density at radius 3 is 2.66 bits per heavy atom. The molecule has 0 spiro atoms. The van der Waals surface area contributed by atoms with Gasteiger partial charge in [-0.2, -0.15) is 0 Å². The van der Waals surface area contributed by atoms with Crippen LogP contribution in [0.2, 0.25) is 0 Å². The van der Waals surface area contributed by atoms with Crippen LogP contribution in [0.25, 0.3) is 0 Å². The van der Waals surface area contributed by atoms with E-state index in [2.05, 4.69) is 59.2 Å². The van der Waals surface area contributed by atoms with Gasteiger partial charge >= 0.3 is 0 Å². The molecule has 2 N–H and O–H groups in total. The summed E-state index contributed by atoms with van der Waals surface area (Å²) in [4.78, 5) is 14.2. The van der Waals surface area contributed by atoms with Crippen LogP contribution in [0.15, 0.2) is 77.7 Å². The normalized spacial score (nSPS) is 27.3. The first kappa shape index (κ1) is 19.9. The third kappa shape index (κ3) is 3.32. The number of amides is 1. The summed E-state index contributed by atoms with van der Waals surface area (Å²) in [6.45, 7) is 0. The second-order valence-corrected chi connectivity index (χ2v) is 10.3. The summed E-state index contributed by atoms with van der Waals surface area (Å²) < 4.78 is 0. The van der Waals surface area contributed by atoms with Crippen molar-refractivity contribution >= 4 is 29.0 Å². The van der Waals surface area contributed by atoms with Gasteiger partial charge in [0.05, 0.1) is 6.04 Å². The Hall–Kier alpha value is -2.72. The molecule has 0 unspecified atom stereocenters. The first-order chi connectivity index (χ1) is 15.7. The quantitative estimate of drug-likeness (QED) is 0.431. The molecule has 4 heteroatoms. The van der Waals surface area contributed by atoms with E-state index in [4.69, 9.17) is 0 Å². The summed E-state index contributed by atoms with van der Waals surface area (Å²) in [7, 11) is 0. The fourth-order valence-corrected chi connectivity index (χ4v) is 6.98. The van der Waals surface area contributed by atoms with Gasteiger partial charge in [0.15, 0.2) is 0 Å². The number of carbonyl (C=O) groups is 1. The predicted molar refractivity (Wildman–Crippen MR) is 132 cm³/mol. The van der Waals surface area contributed by atoms with Crippen LogP contribution in [-0.2, 0) is 0 Å². The van der Waals surface area contributed by atoms with E-state index in [9.17, 15) is 4.79 Å². The third-order valence-electron chi connectivity index (χ3n) is 7.84. The van der Waals surface area contributed by atoms with Crippen LogP contribution < -0.4 is 10.6 Å². The molecule has 3 aliphatic rings. The Balaban J connectivity index is 1.33. The Labute approximate surface area is 194 Å². The highest BCUT2D eigenvalue weighted by Gasteiger charge is 2.53. The Morgan fingerprint density at radius 2 is 1.81 bits per heavy atom. The van der Waals surface area contributed by atoms with E-state index < -0.39 is 0 Å². The largest absolute Gasteiger partial charge is 0.378 e. The number of nitrogens with one attached hydrogen (secondary N) is 2.